The van der Waals surface area contributed by atoms with Gasteiger partial charge >= 0.3 is 0 Å². The molecule has 0 aromatic carbocycles. The molecule has 3 unspecified atom stereocenters. The molecule has 90 valence electrons. The summed E-state index contributed by atoms with van der Waals surface area (Å²) in [4.78, 5) is 1.43. The summed E-state index contributed by atoms with van der Waals surface area (Å²) >= 11 is 7.37. The molecule has 0 saturated heterocycles. The van der Waals surface area contributed by atoms with Crippen molar-refractivity contribution >= 4 is 39.0 Å². The lowest BCUT2D eigenvalue weighted by Gasteiger charge is -2.18. The van der Waals surface area contributed by atoms with E-state index in [1.165, 1.54) is 27.9 Å². The van der Waals surface area contributed by atoms with Gasteiger partial charge in [0.15, 0.2) is 0 Å². The molecule has 3 atom stereocenters. The second-order valence-electron chi connectivity index (χ2n) is 4.40. The average Bonchev–Trinajstić information content (AvgIpc) is 2.87. The highest BCUT2D eigenvalue weighted by atomic mass is 79.9. The monoisotopic (exact) mass is 319 g/mol. The molecular weight excluding hydrogens is 302 g/mol. The van der Waals surface area contributed by atoms with Gasteiger partial charge in [-0.25, -0.2) is 0 Å². The summed E-state index contributed by atoms with van der Waals surface area (Å²) in [6.45, 7) is 2.27. The standard InChI is InChI=1S/C12H18BrNS2/c1-8(11-5-6-12(13)16-11)14-9-3-4-10(7-9)15-2/h5-6,8-10,14H,3-4,7H2,1-2H3. The predicted octanol–water partition coefficient (Wildman–Crippen LogP) is 4.45. The lowest BCUT2D eigenvalue weighted by molar-refractivity contribution is 0.466. The van der Waals surface area contributed by atoms with Gasteiger partial charge in [-0.1, -0.05) is 0 Å². The van der Waals surface area contributed by atoms with Crippen LogP contribution in [0.3, 0.4) is 0 Å². The van der Waals surface area contributed by atoms with Gasteiger partial charge in [-0.15, -0.1) is 11.3 Å². The van der Waals surface area contributed by atoms with E-state index < -0.39 is 0 Å². The Bertz CT molecular complexity index is 340. The van der Waals surface area contributed by atoms with E-state index in [0.717, 1.165) is 5.25 Å². The van der Waals surface area contributed by atoms with Crippen molar-refractivity contribution in [1.82, 2.24) is 5.32 Å². The number of halogens is 1. The molecule has 2 rings (SSSR count). The Balaban J connectivity index is 1.86. The minimum absolute atomic E-state index is 0.488. The molecule has 1 N–H and O–H groups in total. The maximum Gasteiger partial charge on any atom is 0.0701 e. The average molecular weight is 320 g/mol. The van der Waals surface area contributed by atoms with Crippen LogP contribution in [0.1, 0.15) is 37.1 Å². The third-order valence-corrected chi connectivity index (χ3v) is 6.13. The van der Waals surface area contributed by atoms with E-state index >= 15 is 0 Å². The molecule has 1 heterocycles. The Kier molecular flexibility index (Phi) is 4.76. The van der Waals surface area contributed by atoms with Crippen molar-refractivity contribution in [2.45, 2.75) is 43.5 Å². The fraction of sp³-hybridized carbons (Fsp3) is 0.667. The van der Waals surface area contributed by atoms with Crippen LogP contribution in [0.2, 0.25) is 0 Å². The van der Waals surface area contributed by atoms with Gasteiger partial charge in [0.1, 0.15) is 0 Å². The van der Waals surface area contributed by atoms with Gasteiger partial charge in [0, 0.05) is 22.2 Å². The van der Waals surface area contributed by atoms with Crippen molar-refractivity contribution in [3.05, 3.63) is 20.8 Å². The Labute approximate surface area is 115 Å². The molecule has 0 radical (unpaired) electrons. The van der Waals surface area contributed by atoms with Crippen LogP contribution >= 0.6 is 39.0 Å². The highest BCUT2D eigenvalue weighted by Gasteiger charge is 2.25. The summed E-state index contributed by atoms with van der Waals surface area (Å²) in [6, 6.07) is 5.56. The Morgan fingerprint density at radius 2 is 2.31 bits per heavy atom. The molecule has 1 saturated carbocycles. The van der Waals surface area contributed by atoms with Gasteiger partial charge < -0.3 is 5.32 Å². The maximum absolute atomic E-state index is 3.75. The molecule has 0 aliphatic heterocycles. The number of thioether (sulfide) groups is 1. The van der Waals surface area contributed by atoms with Crippen LogP contribution < -0.4 is 5.32 Å². The molecule has 1 fully saturated rings. The first-order chi connectivity index (χ1) is 7.69. The molecule has 0 bridgehead atoms. The highest BCUT2D eigenvalue weighted by molar-refractivity contribution is 9.11. The molecule has 1 aromatic heterocycles. The van der Waals surface area contributed by atoms with Crippen LogP contribution in [0.5, 0.6) is 0 Å². The van der Waals surface area contributed by atoms with Crippen molar-refractivity contribution in [2.24, 2.45) is 0 Å². The summed E-state index contributed by atoms with van der Waals surface area (Å²) in [5.74, 6) is 0. The molecule has 4 heteroatoms. The largest absolute Gasteiger partial charge is 0.307 e. The van der Waals surface area contributed by atoms with Gasteiger partial charge in [0.2, 0.25) is 0 Å². The van der Waals surface area contributed by atoms with Crippen molar-refractivity contribution in [2.75, 3.05) is 6.26 Å². The van der Waals surface area contributed by atoms with Gasteiger partial charge in [0.05, 0.1) is 3.79 Å². The van der Waals surface area contributed by atoms with Crippen molar-refractivity contribution in [1.29, 1.82) is 0 Å². The van der Waals surface area contributed by atoms with Gasteiger partial charge in [-0.3, -0.25) is 0 Å². The summed E-state index contributed by atoms with van der Waals surface area (Å²) in [5, 5.41) is 4.62. The first-order valence-corrected chi connectivity index (χ1v) is 8.63. The van der Waals surface area contributed by atoms with E-state index in [0.29, 0.717) is 12.1 Å². The van der Waals surface area contributed by atoms with Crippen LogP contribution in [0.25, 0.3) is 0 Å². The first kappa shape index (κ1) is 12.9. The third kappa shape index (κ3) is 3.25. The highest BCUT2D eigenvalue weighted by Crippen LogP contribution is 2.32. The molecule has 1 aliphatic rings. The zero-order valence-electron chi connectivity index (χ0n) is 9.70. The fourth-order valence-corrected chi connectivity index (χ4v) is 4.53. The van der Waals surface area contributed by atoms with E-state index in [-0.39, 0.29) is 0 Å². The second kappa shape index (κ2) is 5.89. The van der Waals surface area contributed by atoms with E-state index in [2.05, 4.69) is 46.6 Å². The molecule has 1 aliphatic carbocycles. The number of hydrogen-bond acceptors (Lipinski definition) is 3. The number of rotatable bonds is 4. The van der Waals surface area contributed by atoms with E-state index in [1.807, 2.05) is 23.1 Å². The topological polar surface area (TPSA) is 12.0 Å². The predicted molar refractivity (Wildman–Crippen MR) is 78.5 cm³/mol. The normalized spacial score (nSPS) is 27.2. The van der Waals surface area contributed by atoms with Crippen molar-refractivity contribution in [3.63, 3.8) is 0 Å². The molecule has 1 aromatic rings. The van der Waals surface area contributed by atoms with Crippen molar-refractivity contribution < 1.29 is 0 Å². The van der Waals surface area contributed by atoms with Crippen LogP contribution in [0.4, 0.5) is 0 Å². The molecule has 16 heavy (non-hydrogen) atoms. The van der Waals surface area contributed by atoms with Crippen LogP contribution in [0.15, 0.2) is 15.9 Å². The van der Waals surface area contributed by atoms with Gasteiger partial charge in [0.25, 0.3) is 0 Å². The SMILES string of the molecule is CSC1CCC(NC(C)c2ccc(Br)s2)C1. The first-order valence-electron chi connectivity index (χ1n) is 5.73. The fourth-order valence-electron chi connectivity index (χ4n) is 2.30. The minimum Gasteiger partial charge on any atom is -0.307 e. The second-order valence-corrected chi connectivity index (χ2v) is 8.03. The number of nitrogens with one attached hydrogen (secondary N) is 1. The van der Waals surface area contributed by atoms with Crippen LogP contribution in [0, 0.1) is 0 Å². The quantitative estimate of drug-likeness (QED) is 0.880. The Morgan fingerprint density at radius 3 is 2.88 bits per heavy atom. The lowest BCUT2D eigenvalue weighted by Crippen LogP contribution is -2.29. The van der Waals surface area contributed by atoms with Crippen molar-refractivity contribution in [3.8, 4) is 0 Å². The Morgan fingerprint density at radius 1 is 1.50 bits per heavy atom. The number of thiophene rings is 1. The van der Waals surface area contributed by atoms with Crippen LogP contribution in [-0.4, -0.2) is 17.5 Å². The smallest absolute Gasteiger partial charge is 0.0701 e. The lowest BCUT2D eigenvalue weighted by atomic mass is 10.2. The van der Waals surface area contributed by atoms with Gasteiger partial charge in [-0.05, 0) is 60.5 Å². The summed E-state index contributed by atoms with van der Waals surface area (Å²) in [6.07, 6.45) is 6.27. The Hall–Kier alpha value is 0.490. The van der Waals surface area contributed by atoms with E-state index in [1.54, 1.807) is 0 Å². The summed E-state index contributed by atoms with van der Waals surface area (Å²) < 4.78 is 1.23. The maximum atomic E-state index is 3.75. The van der Waals surface area contributed by atoms with Crippen LogP contribution in [-0.2, 0) is 0 Å². The molecule has 0 amide bonds. The zero-order chi connectivity index (χ0) is 11.5. The van der Waals surface area contributed by atoms with Gasteiger partial charge in [-0.2, -0.15) is 11.8 Å². The van der Waals surface area contributed by atoms with E-state index in [9.17, 15) is 0 Å². The zero-order valence-corrected chi connectivity index (χ0v) is 12.9. The number of hydrogen-bond donors (Lipinski definition) is 1. The summed E-state index contributed by atoms with van der Waals surface area (Å²) in [7, 11) is 0. The summed E-state index contributed by atoms with van der Waals surface area (Å²) in [5.41, 5.74) is 0. The third-order valence-electron chi connectivity index (χ3n) is 3.22. The minimum atomic E-state index is 0.488. The molecular formula is C12H18BrNS2. The van der Waals surface area contributed by atoms with E-state index in [4.69, 9.17) is 0 Å². The molecule has 1 nitrogen and oxygen atoms in total. The molecule has 0 spiro atoms.